The van der Waals surface area contributed by atoms with Gasteiger partial charge in [0.1, 0.15) is 5.75 Å². The number of ether oxygens (including phenoxy) is 3. The van der Waals surface area contributed by atoms with Crippen molar-refractivity contribution in [3.63, 3.8) is 0 Å². The van der Waals surface area contributed by atoms with Crippen LogP contribution in [0.2, 0.25) is 0 Å². The van der Waals surface area contributed by atoms with Gasteiger partial charge in [-0.1, -0.05) is 24.3 Å². The molecule has 0 unspecified atom stereocenters. The van der Waals surface area contributed by atoms with Crippen LogP contribution in [0.25, 0.3) is 0 Å². The van der Waals surface area contributed by atoms with Gasteiger partial charge in [-0.25, -0.2) is 4.79 Å². The Morgan fingerprint density at radius 1 is 1.04 bits per heavy atom. The Bertz CT molecular complexity index is 689. The number of rotatable bonds is 7. The highest BCUT2D eigenvalue weighted by Crippen LogP contribution is 2.26. The summed E-state index contributed by atoms with van der Waals surface area (Å²) in [7, 11) is 0. The van der Waals surface area contributed by atoms with Gasteiger partial charge in [0, 0.05) is 0 Å². The van der Waals surface area contributed by atoms with E-state index in [1.54, 1.807) is 42.5 Å². The van der Waals surface area contributed by atoms with Gasteiger partial charge in [0.25, 0.3) is 0 Å². The molecule has 23 heavy (non-hydrogen) atoms. The van der Waals surface area contributed by atoms with Crippen LogP contribution >= 0.6 is 0 Å². The molecule has 2 aromatic carbocycles. The molecule has 0 saturated carbocycles. The van der Waals surface area contributed by atoms with Crippen molar-refractivity contribution in [3.8, 4) is 23.3 Å². The highest BCUT2D eigenvalue weighted by molar-refractivity contribution is 5.74. The molecular weight excluding hydrogens is 294 g/mol. The summed E-state index contributed by atoms with van der Waals surface area (Å²) in [6.07, 6.45) is 0.325. The minimum atomic E-state index is -0.510. The van der Waals surface area contributed by atoms with Gasteiger partial charge in [0.15, 0.2) is 18.1 Å². The van der Waals surface area contributed by atoms with Gasteiger partial charge in [-0.15, -0.1) is 0 Å². The molecule has 0 aromatic heterocycles. The van der Waals surface area contributed by atoms with E-state index >= 15 is 0 Å². The molecule has 0 fully saturated rings. The maximum absolute atomic E-state index is 11.8. The number of hydrogen-bond donors (Lipinski definition) is 0. The van der Waals surface area contributed by atoms with Crippen LogP contribution < -0.4 is 14.2 Å². The van der Waals surface area contributed by atoms with Crippen LogP contribution in [0.4, 0.5) is 0 Å². The largest absolute Gasteiger partial charge is 0.490 e. The molecule has 2 aromatic rings. The normalized spacial score (nSPS) is 9.74. The maximum atomic E-state index is 11.8. The van der Waals surface area contributed by atoms with E-state index in [4.69, 9.17) is 19.5 Å². The molecule has 0 aliphatic rings. The Kier molecular flexibility index (Phi) is 6.01. The zero-order valence-corrected chi connectivity index (χ0v) is 12.8. The predicted molar refractivity (Wildman–Crippen MR) is 84.5 cm³/mol. The van der Waals surface area contributed by atoms with Gasteiger partial charge >= 0.3 is 5.97 Å². The van der Waals surface area contributed by atoms with Crippen LogP contribution in [0, 0.1) is 11.3 Å². The smallest absolute Gasteiger partial charge is 0.349 e. The highest BCUT2D eigenvalue weighted by atomic mass is 16.6. The number of carbonyl (C=O) groups excluding carboxylic acids is 1. The fourth-order valence-electron chi connectivity index (χ4n) is 1.91. The quantitative estimate of drug-likeness (QED) is 0.580. The van der Waals surface area contributed by atoms with Crippen molar-refractivity contribution in [1.82, 2.24) is 0 Å². The lowest BCUT2D eigenvalue weighted by atomic mass is 10.2. The number of nitriles is 1. The Morgan fingerprint density at radius 2 is 1.70 bits per heavy atom. The van der Waals surface area contributed by atoms with E-state index in [0.717, 1.165) is 5.56 Å². The first-order valence-corrected chi connectivity index (χ1v) is 7.24. The second kappa shape index (κ2) is 8.44. The molecular formula is C18H17NO4. The average molecular weight is 311 g/mol. The zero-order valence-electron chi connectivity index (χ0n) is 12.8. The van der Waals surface area contributed by atoms with E-state index in [9.17, 15) is 4.79 Å². The van der Waals surface area contributed by atoms with Crippen molar-refractivity contribution in [2.75, 3.05) is 13.2 Å². The summed E-state index contributed by atoms with van der Waals surface area (Å²) in [5, 5.41) is 8.61. The van der Waals surface area contributed by atoms with E-state index in [2.05, 4.69) is 6.07 Å². The summed E-state index contributed by atoms with van der Waals surface area (Å²) in [5.74, 6) is 0.988. The minimum Gasteiger partial charge on any atom is -0.490 e. The summed E-state index contributed by atoms with van der Waals surface area (Å²) in [6.45, 7) is 2.17. The Hall–Kier alpha value is -3.00. The minimum absolute atomic E-state index is 0.218. The number of esters is 1. The van der Waals surface area contributed by atoms with Crippen molar-refractivity contribution >= 4 is 5.97 Å². The zero-order chi connectivity index (χ0) is 16.5. The van der Waals surface area contributed by atoms with Crippen LogP contribution in [0.5, 0.6) is 17.2 Å². The number of benzene rings is 2. The second-order valence-corrected chi connectivity index (χ2v) is 4.62. The third-order valence-electron chi connectivity index (χ3n) is 2.93. The van der Waals surface area contributed by atoms with Gasteiger partial charge in [-0.3, -0.25) is 0 Å². The third-order valence-corrected chi connectivity index (χ3v) is 2.93. The number of hydrogen-bond acceptors (Lipinski definition) is 5. The van der Waals surface area contributed by atoms with E-state index in [-0.39, 0.29) is 6.61 Å². The molecule has 0 heterocycles. The maximum Gasteiger partial charge on any atom is 0.349 e. The predicted octanol–water partition coefficient (Wildman–Crippen LogP) is 3.14. The van der Waals surface area contributed by atoms with E-state index < -0.39 is 5.97 Å². The van der Waals surface area contributed by atoms with Crippen LogP contribution in [-0.2, 0) is 11.2 Å². The third kappa shape index (κ3) is 5.04. The topological polar surface area (TPSA) is 68.6 Å². The molecule has 0 saturated heterocycles. The monoisotopic (exact) mass is 311 g/mol. The molecule has 5 heteroatoms. The number of nitrogens with zero attached hydrogens (tertiary/aromatic N) is 1. The Balaban J connectivity index is 1.89. The lowest BCUT2D eigenvalue weighted by Gasteiger charge is -2.11. The van der Waals surface area contributed by atoms with Gasteiger partial charge < -0.3 is 14.2 Å². The number of carbonyl (C=O) groups is 1. The van der Waals surface area contributed by atoms with Crippen molar-refractivity contribution in [2.24, 2.45) is 0 Å². The van der Waals surface area contributed by atoms with E-state index in [1.807, 2.05) is 13.0 Å². The fourth-order valence-corrected chi connectivity index (χ4v) is 1.91. The summed E-state index contributed by atoms with van der Waals surface area (Å²) in [4.78, 5) is 11.8. The number of para-hydroxylation sites is 2. The summed E-state index contributed by atoms with van der Waals surface area (Å²) in [5.41, 5.74) is 0.870. The summed E-state index contributed by atoms with van der Waals surface area (Å²) < 4.78 is 16.0. The van der Waals surface area contributed by atoms with Crippen molar-refractivity contribution in [3.05, 3.63) is 54.1 Å². The SMILES string of the molecule is CCOc1ccccc1OCC(=O)Oc1ccc(CC#N)cc1. The molecule has 0 N–H and O–H groups in total. The average Bonchev–Trinajstić information content (AvgIpc) is 2.56. The lowest BCUT2D eigenvalue weighted by Crippen LogP contribution is -2.18. The molecule has 0 bridgehead atoms. The first-order chi connectivity index (χ1) is 11.2. The van der Waals surface area contributed by atoms with Gasteiger partial charge in [0.05, 0.1) is 19.1 Å². The van der Waals surface area contributed by atoms with E-state index in [1.165, 1.54) is 0 Å². The standard InChI is InChI=1S/C18H17NO4/c1-2-21-16-5-3-4-6-17(16)22-13-18(20)23-15-9-7-14(8-10-15)11-12-19/h3-10H,2,11,13H2,1H3. The fraction of sp³-hybridized carbons (Fsp3) is 0.222. The second-order valence-electron chi connectivity index (χ2n) is 4.62. The lowest BCUT2D eigenvalue weighted by molar-refractivity contribution is -0.136. The Labute approximate surface area is 135 Å². The van der Waals surface area contributed by atoms with Crippen LogP contribution in [-0.4, -0.2) is 19.2 Å². The van der Waals surface area contributed by atoms with Crippen LogP contribution in [0.3, 0.4) is 0 Å². The molecule has 0 aliphatic heterocycles. The van der Waals surface area contributed by atoms with Crippen molar-refractivity contribution < 1.29 is 19.0 Å². The molecule has 118 valence electrons. The van der Waals surface area contributed by atoms with Crippen LogP contribution in [0.1, 0.15) is 12.5 Å². The molecule has 0 aliphatic carbocycles. The summed E-state index contributed by atoms with van der Waals surface area (Å²) >= 11 is 0. The van der Waals surface area contributed by atoms with Crippen molar-refractivity contribution in [1.29, 1.82) is 5.26 Å². The Morgan fingerprint density at radius 3 is 2.30 bits per heavy atom. The molecule has 0 amide bonds. The molecule has 0 radical (unpaired) electrons. The first kappa shape index (κ1) is 16.4. The highest BCUT2D eigenvalue weighted by Gasteiger charge is 2.09. The summed E-state index contributed by atoms with van der Waals surface area (Å²) in [6, 6.07) is 16.0. The van der Waals surface area contributed by atoms with Gasteiger partial charge in [-0.05, 0) is 36.8 Å². The molecule has 0 spiro atoms. The molecule has 5 nitrogen and oxygen atoms in total. The van der Waals surface area contributed by atoms with Crippen molar-refractivity contribution in [2.45, 2.75) is 13.3 Å². The van der Waals surface area contributed by atoms with Gasteiger partial charge in [-0.2, -0.15) is 5.26 Å². The van der Waals surface area contributed by atoms with E-state index in [0.29, 0.717) is 30.3 Å². The first-order valence-electron chi connectivity index (χ1n) is 7.24. The van der Waals surface area contributed by atoms with Gasteiger partial charge in [0.2, 0.25) is 0 Å². The van der Waals surface area contributed by atoms with Crippen LogP contribution in [0.15, 0.2) is 48.5 Å². The molecule has 2 rings (SSSR count). The molecule has 0 atom stereocenters.